The molecule has 0 saturated carbocycles. The van der Waals surface area contributed by atoms with Crippen LogP contribution in [0.3, 0.4) is 0 Å². The first kappa shape index (κ1) is 13.7. The van der Waals surface area contributed by atoms with Crippen molar-refractivity contribution < 1.29 is 4.39 Å². The third-order valence-corrected chi connectivity index (χ3v) is 2.60. The summed E-state index contributed by atoms with van der Waals surface area (Å²) >= 11 is 0. The van der Waals surface area contributed by atoms with E-state index in [-0.39, 0.29) is 11.5 Å². The van der Waals surface area contributed by atoms with Gasteiger partial charge in [0.05, 0.1) is 12.2 Å². The van der Waals surface area contributed by atoms with Gasteiger partial charge >= 0.3 is 0 Å². The summed E-state index contributed by atoms with van der Waals surface area (Å²) in [4.78, 5) is 0. The van der Waals surface area contributed by atoms with Gasteiger partial charge in [0.1, 0.15) is 11.9 Å². The van der Waals surface area contributed by atoms with Gasteiger partial charge in [0, 0.05) is 0 Å². The second-order valence-corrected chi connectivity index (χ2v) is 4.43. The van der Waals surface area contributed by atoms with Gasteiger partial charge in [-0.15, -0.1) is 5.10 Å². The Morgan fingerprint density at radius 1 is 1.40 bits per heavy atom. The van der Waals surface area contributed by atoms with E-state index in [0.29, 0.717) is 12.2 Å². The van der Waals surface area contributed by atoms with Crippen molar-refractivity contribution in [3.8, 4) is 6.07 Å². The predicted octanol–water partition coefficient (Wildman–Crippen LogP) is 3.04. The van der Waals surface area contributed by atoms with E-state index >= 15 is 0 Å². The van der Waals surface area contributed by atoms with E-state index in [1.54, 1.807) is 29.0 Å². The Bertz CT molecular complexity index is 690. The number of rotatable bonds is 4. The van der Waals surface area contributed by atoms with Crippen molar-refractivity contribution in [2.24, 2.45) is 0 Å². The molecule has 100 valence electrons. The number of hydrogen-bond donors (Lipinski definition) is 0. The van der Waals surface area contributed by atoms with E-state index in [1.165, 1.54) is 12.1 Å². The van der Waals surface area contributed by atoms with Crippen LogP contribution in [0.1, 0.15) is 23.9 Å². The average Bonchev–Trinajstić information content (AvgIpc) is 2.79. The summed E-state index contributed by atoms with van der Waals surface area (Å²) in [6.07, 6.45) is 3.53. The van der Waals surface area contributed by atoms with Gasteiger partial charge in [0.25, 0.3) is 0 Å². The molecule has 0 amide bonds. The van der Waals surface area contributed by atoms with Gasteiger partial charge in [-0.25, -0.2) is 9.07 Å². The molecule has 0 bridgehead atoms. The van der Waals surface area contributed by atoms with Crippen molar-refractivity contribution in [1.82, 2.24) is 15.0 Å². The zero-order valence-electron chi connectivity index (χ0n) is 11.0. The van der Waals surface area contributed by atoms with E-state index < -0.39 is 0 Å². The van der Waals surface area contributed by atoms with Crippen molar-refractivity contribution >= 4 is 12.2 Å². The predicted molar refractivity (Wildman–Crippen MR) is 74.9 cm³/mol. The maximum atomic E-state index is 12.8. The second kappa shape index (κ2) is 5.93. The Morgan fingerprint density at radius 3 is 2.70 bits per heavy atom. The van der Waals surface area contributed by atoms with Crippen LogP contribution in [-0.4, -0.2) is 15.0 Å². The Hall–Kier alpha value is -2.74. The summed E-state index contributed by atoms with van der Waals surface area (Å²) in [5.41, 5.74) is 2.61. The lowest BCUT2D eigenvalue weighted by Gasteiger charge is -2.02. The molecule has 20 heavy (non-hydrogen) atoms. The zero-order chi connectivity index (χ0) is 14.5. The number of nitrogens with zero attached hydrogens (tertiary/aromatic N) is 4. The third kappa shape index (κ3) is 3.18. The molecule has 1 aromatic carbocycles. The molecule has 5 heteroatoms. The van der Waals surface area contributed by atoms with Gasteiger partial charge in [-0.2, -0.15) is 5.26 Å². The summed E-state index contributed by atoms with van der Waals surface area (Å²) in [7, 11) is 0. The molecule has 0 unspecified atom stereocenters. The highest BCUT2D eigenvalue weighted by molar-refractivity contribution is 5.70. The number of allylic oxidation sites excluding steroid dienone is 1. The molecule has 0 spiro atoms. The first-order chi connectivity index (χ1) is 9.60. The first-order valence-corrected chi connectivity index (χ1v) is 6.02. The molecule has 1 aromatic heterocycles. The van der Waals surface area contributed by atoms with Gasteiger partial charge in [-0.1, -0.05) is 35.6 Å². The van der Waals surface area contributed by atoms with Crippen LogP contribution in [0.5, 0.6) is 0 Å². The summed E-state index contributed by atoms with van der Waals surface area (Å²) in [6.45, 7) is 6.19. The standard InChI is InChI=1S/C15H13FN4/c1-11(2)10-20-15(14(9-17)18-19-20)8-5-12-3-6-13(16)7-4-12/h3-8H,1,10H2,2H3/b8-5+. The van der Waals surface area contributed by atoms with Gasteiger partial charge in [0.2, 0.25) is 0 Å². The van der Waals surface area contributed by atoms with Gasteiger partial charge in [-0.3, -0.25) is 0 Å². The molecule has 0 aliphatic carbocycles. The number of halogens is 1. The van der Waals surface area contributed by atoms with Gasteiger partial charge < -0.3 is 0 Å². The summed E-state index contributed by atoms with van der Waals surface area (Å²) in [5.74, 6) is -0.283. The molecular weight excluding hydrogens is 255 g/mol. The quantitative estimate of drug-likeness (QED) is 0.801. The molecule has 0 radical (unpaired) electrons. The maximum absolute atomic E-state index is 12.8. The summed E-state index contributed by atoms with van der Waals surface area (Å²) < 4.78 is 14.4. The van der Waals surface area contributed by atoms with E-state index in [2.05, 4.69) is 16.9 Å². The Kier molecular flexibility index (Phi) is 4.06. The van der Waals surface area contributed by atoms with Crippen LogP contribution >= 0.6 is 0 Å². The molecule has 0 N–H and O–H groups in total. The van der Waals surface area contributed by atoms with E-state index in [9.17, 15) is 4.39 Å². The van der Waals surface area contributed by atoms with Crippen LogP contribution in [-0.2, 0) is 6.54 Å². The Balaban J connectivity index is 2.32. The molecule has 2 aromatic rings. The Labute approximate surface area is 116 Å². The SMILES string of the molecule is C=C(C)Cn1nnc(C#N)c1/C=C/c1ccc(F)cc1. The van der Waals surface area contributed by atoms with Crippen LogP contribution in [0.25, 0.3) is 12.2 Å². The molecule has 1 heterocycles. The summed E-state index contributed by atoms with van der Waals surface area (Å²) in [6, 6.07) is 8.08. The lowest BCUT2D eigenvalue weighted by atomic mass is 10.2. The van der Waals surface area contributed by atoms with Crippen LogP contribution < -0.4 is 0 Å². The van der Waals surface area contributed by atoms with Gasteiger partial charge in [-0.05, 0) is 30.7 Å². The highest BCUT2D eigenvalue weighted by Crippen LogP contribution is 2.12. The van der Waals surface area contributed by atoms with Crippen LogP contribution in [0.2, 0.25) is 0 Å². The van der Waals surface area contributed by atoms with Crippen molar-refractivity contribution in [3.05, 3.63) is 59.2 Å². The van der Waals surface area contributed by atoms with Crippen molar-refractivity contribution in [2.75, 3.05) is 0 Å². The molecule has 2 rings (SSSR count). The molecule has 0 aliphatic heterocycles. The topological polar surface area (TPSA) is 54.5 Å². The van der Waals surface area contributed by atoms with Gasteiger partial charge in [0.15, 0.2) is 5.69 Å². The Morgan fingerprint density at radius 2 is 2.10 bits per heavy atom. The number of aromatic nitrogens is 3. The second-order valence-electron chi connectivity index (χ2n) is 4.43. The molecular formula is C15H13FN4. The summed E-state index contributed by atoms with van der Waals surface area (Å²) in [5, 5.41) is 16.8. The lowest BCUT2D eigenvalue weighted by Crippen LogP contribution is -2.03. The minimum atomic E-state index is -0.283. The van der Waals surface area contributed by atoms with E-state index in [0.717, 1.165) is 11.1 Å². The largest absolute Gasteiger partial charge is 0.240 e. The normalized spacial score (nSPS) is 10.7. The van der Waals surface area contributed by atoms with Crippen molar-refractivity contribution in [1.29, 1.82) is 5.26 Å². The first-order valence-electron chi connectivity index (χ1n) is 6.02. The zero-order valence-corrected chi connectivity index (χ0v) is 11.0. The molecule has 4 nitrogen and oxygen atoms in total. The van der Waals surface area contributed by atoms with Crippen LogP contribution in [0.4, 0.5) is 4.39 Å². The number of hydrogen-bond acceptors (Lipinski definition) is 3. The van der Waals surface area contributed by atoms with Crippen LogP contribution in [0, 0.1) is 17.1 Å². The monoisotopic (exact) mass is 268 g/mol. The van der Waals surface area contributed by atoms with Crippen LogP contribution in [0.15, 0.2) is 36.4 Å². The average molecular weight is 268 g/mol. The molecule has 0 fully saturated rings. The maximum Gasteiger partial charge on any atom is 0.190 e. The minimum Gasteiger partial charge on any atom is -0.240 e. The smallest absolute Gasteiger partial charge is 0.190 e. The minimum absolute atomic E-state index is 0.254. The van der Waals surface area contributed by atoms with E-state index in [1.807, 2.05) is 13.0 Å². The number of nitriles is 1. The third-order valence-electron chi connectivity index (χ3n) is 2.60. The van der Waals surface area contributed by atoms with E-state index in [4.69, 9.17) is 5.26 Å². The fraction of sp³-hybridized carbons (Fsp3) is 0.133. The van der Waals surface area contributed by atoms with Crippen molar-refractivity contribution in [2.45, 2.75) is 13.5 Å². The molecule has 0 aliphatic rings. The molecule has 0 atom stereocenters. The fourth-order valence-electron chi connectivity index (χ4n) is 1.69. The highest BCUT2D eigenvalue weighted by atomic mass is 19.1. The molecule has 0 saturated heterocycles. The lowest BCUT2D eigenvalue weighted by molar-refractivity contribution is 0.627. The highest BCUT2D eigenvalue weighted by Gasteiger charge is 2.09. The van der Waals surface area contributed by atoms with Crippen molar-refractivity contribution in [3.63, 3.8) is 0 Å². The number of benzene rings is 1. The fourth-order valence-corrected chi connectivity index (χ4v) is 1.69.